The summed E-state index contributed by atoms with van der Waals surface area (Å²) < 4.78 is 31.7. The molecule has 2 aromatic rings. The SMILES string of the molecule is CC[C@H](C)[C@H](NC(=O)[C@H](Cc1ccc(O)cc1)NC(=O)[C@@H](NC(=O)[C@H](CCCN=C(N)N)NC(=O)[C@@H](N)CC(=O)O)C(C)C)C(=O)N[C@@H](Cc1cnc[nH]1)C(=O)O.O=C(O)C(F)(F)F. The fourth-order valence-corrected chi connectivity index (χ4v) is 5.49. The Morgan fingerprint density at radius 1 is 0.781 bits per heavy atom. The number of carbonyl (C=O) groups excluding carboxylic acids is 5. The number of rotatable bonds is 24. The molecule has 7 atom stereocenters. The highest BCUT2D eigenvalue weighted by atomic mass is 19.4. The van der Waals surface area contributed by atoms with Gasteiger partial charge in [-0.1, -0.05) is 46.2 Å². The van der Waals surface area contributed by atoms with Crippen LogP contribution in [0.4, 0.5) is 13.2 Å². The number of guanidine groups is 1. The van der Waals surface area contributed by atoms with E-state index in [1.807, 2.05) is 0 Å². The number of H-pyrrole nitrogens is 1. The van der Waals surface area contributed by atoms with Crippen molar-refractivity contribution in [1.29, 1.82) is 0 Å². The van der Waals surface area contributed by atoms with Crippen LogP contribution in [0.3, 0.4) is 0 Å². The second-order valence-corrected chi connectivity index (χ2v) is 14.7. The molecule has 64 heavy (non-hydrogen) atoms. The summed E-state index contributed by atoms with van der Waals surface area (Å²) in [6.45, 7) is 6.80. The number of hydrogen-bond acceptors (Lipinski definition) is 12. The molecule has 0 aliphatic heterocycles. The Kier molecular flexibility index (Phi) is 22.8. The third kappa shape index (κ3) is 20.3. The Balaban J connectivity index is 0.00000269. The predicted molar refractivity (Wildman–Crippen MR) is 220 cm³/mol. The maximum atomic E-state index is 14.0. The molecule has 356 valence electrons. The molecule has 23 nitrogen and oxygen atoms in total. The average molecular weight is 916 g/mol. The number of aromatic hydroxyl groups is 1. The summed E-state index contributed by atoms with van der Waals surface area (Å²) in [4.78, 5) is 111. The number of aliphatic imine (C=N–C) groups is 1. The number of hydrogen-bond donors (Lipinski definition) is 13. The fourth-order valence-electron chi connectivity index (χ4n) is 5.49. The van der Waals surface area contributed by atoms with Gasteiger partial charge >= 0.3 is 24.1 Å². The molecule has 0 saturated heterocycles. The number of imidazole rings is 1. The summed E-state index contributed by atoms with van der Waals surface area (Å²) in [5.74, 6) is -10.9. The van der Waals surface area contributed by atoms with Gasteiger partial charge < -0.3 is 69.2 Å². The average Bonchev–Trinajstić information content (AvgIpc) is 3.72. The number of phenolic OH excluding ortho intramolecular Hbond substituents is 1. The van der Waals surface area contributed by atoms with E-state index in [4.69, 9.17) is 32.2 Å². The van der Waals surface area contributed by atoms with Crippen molar-refractivity contribution in [3.8, 4) is 5.75 Å². The number of nitrogens with zero attached hydrogens (tertiary/aromatic N) is 2. The van der Waals surface area contributed by atoms with E-state index in [9.17, 15) is 56.9 Å². The molecule has 0 unspecified atom stereocenters. The molecule has 1 aromatic carbocycles. The quantitative estimate of drug-likeness (QED) is 0.0327. The van der Waals surface area contributed by atoms with Crippen molar-refractivity contribution >= 4 is 53.4 Å². The Labute approximate surface area is 364 Å². The van der Waals surface area contributed by atoms with Crippen LogP contribution in [-0.2, 0) is 51.2 Å². The molecule has 16 N–H and O–H groups in total. The molecule has 26 heteroatoms. The molecular weight excluding hydrogens is 859 g/mol. The third-order valence-corrected chi connectivity index (χ3v) is 9.19. The first-order valence-electron chi connectivity index (χ1n) is 19.6. The summed E-state index contributed by atoms with van der Waals surface area (Å²) >= 11 is 0. The van der Waals surface area contributed by atoms with Crippen LogP contribution in [0.5, 0.6) is 5.75 Å². The van der Waals surface area contributed by atoms with E-state index in [1.165, 1.54) is 36.8 Å². The molecule has 5 amide bonds. The Morgan fingerprint density at radius 2 is 1.31 bits per heavy atom. The second kappa shape index (κ2) is 26.5. The van der Waals surface area contributed by atoms with E-state index in [0.29, 0.717) is 17.7 Å². The predicted octanol–water partition coefficient (Wildman–Crippen LogP) is -1.40. The standard InChI is InChI=1S/C36H55N11O10.C2HF3O2/c1-5-19(4)29(34(55)45-26(35(56)57)14-21-16-40-17-42-21)47-32(53)25(13-20-8-10-22(48)11-9-20)44-33(54)28(18(2)3)46-31(52)24(7-6-12-41-36(38)39)43-30(51)23(37)15-27(49)50;3-2(4,5)1(6)7/h8-11,16-19,23-26,28-29,48H,5-7,12-15,37H2,1-4H3,(H,40,42)(H,43,51)(H,44,54)(H,45,55)(H,46,52)(H,47,53)(H,49,50)(H,56,57)(H4,38,39,41);(H,6,7)/t19-,23-,24-,25-,26-,28-,29-;/m0./s1. The number of amides is 5. The van der Waals surface area contributed by atoms with E-state index in [-0.39, 0.29) is 43.9 Å². The monoisotopic (exact) mass is 915 g/mol. The minimum Gasteiger partial charge on any atom is -0.508 e. The number of nitrogens with two attached hydrogens (primary N) is 3. The number of benzene rings is 1. The largest absolute Gasteiger partial charge is 0.508 e. The molecule has 0 radical (unpaired) electrons. The van der Waals surface area contributed by atoms with Crippen LogP contribution in [0.1, 0.15) is 64.6 Å². The van der Waals surface area contributed by atoms with Gasteiger partial charge in [0, 0.05) is 31.3 Å². The van der Waals surface area contributed by atoms with E-state index < -0.39 is 108 Å². The lowest BCUT2D eigenvalue weighted by Gasteiger charge is -2.30. The van der Waals surface area contributed by atoms with Gasteiger partial charge in [-0.25, -0.2) is 14.6 Å². The summed E-state index contributed by atoms with van der Waals surface area (Å²) in [5.41, 5.74) is 17.4. The summed E-state index contributed by atoms with van der Waals surface area (Å²) in [5, 5.41) is 48.7. The summed E-state index contributed by atoms with van der Waals surface area (Å²) in [6.07, 6.45) is -2.69. The number of aromatic nitrogens is 2. The highest BCUT2D eigenvalue weighted by Crippen LogP contribution is 2.15. The number of aliphatic carboxylic acids is 3. The molecule has 1 aromatic heterocycles. The molecule has 0 aliphatic rings. The number of carbonyl (C=O) groups is 8. The van der Waals surface area contributed by atoms with E-state index in [2.05, 4.69) is 41.5 Å². The molecule has 1 heterocycles. The minimum atomic E-state index is -5.08. The van der Waals surface area contributed by atoms with Crippen LogP contribution in [0.2, 0.25) is 0 Å². The number of nitrogens with one attached hydrogen (secondary N) is 6. The van der Waals surface area contributed by atoms with Crippen molar-refractivity contribution in [1.82, 2.24) is 36.6 Å². The van der Waals surface area contributed by atoms with Crippen LogP contribution < -0.4 is 43.8 Å². The van der Waals surface area contributed by atoms with Crippen molar-refractivity contribution < 1.29 is 72.0 Å². The molecular formula is C38H56F3N11O12. The highest BCUT2D eigenvalue weighted by Gasteiger charge is 2.38. The molecule has 0 saturated carbocycles. The Hall–Kier alpha value is -6.99. The fraction of sp³-hybridized carbons (Fsp3) is 0.526. The minimum absolute atomic E-state index is 0.0316. The molecule has 2 rings (SSSR count). The first-order chi connectivity index (χ1) is 29.8. The normalized spacial score (nSPS) is 14.3. The summed E-state index contributed by atoms with van der Waals surface area (Å²) in [7, 11) is 0. The van der Waals surface area contributed by atoms with Crippen LogP contribution in [0.15, 0.2) is 41.8 Å². The van der Waals surface area contributed by atoms with Gasteiger partial charge in [0.05, 0.1) is 18.8 Å². The Morgan fingerprint density at radius 3 is 1.80 bits per heavy atom. The molecule has 0 bridgehead atoms. The zero-order chi connectivity index (χ0) is 48.9. The van der Waals surface area contributed by atoms with Gasteiger partial charge in [-0.15, -0.1) is 0 Å². The van der Waals surface area contributed by atoms with Gasteiger partial charge in [0.2, 0.25) is 29.5 Å². The maximum Gasteiger partial charge on any atom is 0.490 e. The van der Waals surface area contributed by atoms with Gasteiger partial charge in [0.25, 0.3) is 0 Å². The van der Waals surface area contributed by atoms with Crippen molar-refractivity contribution in [3.05, 3.63) is 48.0 Å². The van der Waals surface area contributed by atoms with Crippen molar-refractivity contribution in [2.75, 3.05) is 6.54 Å². The highest BCUT2D eigenvalue weighted by molar-refractivity contribution is 5.97. The van der Waals surface area contributed by atoms with Crippen LogP contribution >= 0.6 is 0 Å². The number of carboxylic acid groups (broad SMARTS) is 3. The number of aromatic amines is 1. The van der Waals surface area contributed by atoms with Gasteiger partial charge in [-0.05, 0) is 42.4 Å². The van der Waals surface area contributed by atoms with Crippen LogP contribution in [-0.4, -0.2) is 133 Å². The van der Waals surface area contributed by atoms with E-state index >= 15 is 0 Å². The first-order valence-corrected chi connectivity index (χ1v) is 19.6. The number of halogens is 3. The summed E-state index contributed by atoms with van der Waals surface area (Å²) in [6, 6.07) is -2.20. The number of phenols is 1. The topological polar surface area (TPSA) is 397 Å². The van der Waals surface area contributed by atoms with Crippen molar-refractivity contribution in [2.24, 2.45) is 34.0 Å². The first kappa shape index (κ1) is 55.0. The number of alkyl halides is 3. The number of carboxylic acids is 3. The molecule has 0 aliphatic carbocycles. The van der Waals surface area contributed by atoms with Crippen molar-refractivity contribution in [2.45, 2.75) is 109 Å². The van der Waals surface area contributed by atoms with Gasteiger partial charge in [-0.2, -0.15) is 13.2 Å². The van der Waals surface area contributed by atoms with Crippen LogP contribution in [0, 0.1) is 11.8 Å². The van der Waals surface area contributed by atoms with Gasteiger partial charge in [0.15, 0.2) is 5.96 Å². The zero-order valence-electron chi connectivity index (χ0n) is 35.3. The van der Waals surface area contributed by atoms with E-state index in [0.717, 1.165) is 0 Å². The second-order valence-electron chi connectivity index (χ2n) is 14.7. The maximum absolute atomic E-state index is 14.0. The van der Waals surface area contributed by atoms with Gasteiger partial charge in [0.1, 0.15) is 36.0 Å². The van der Waals surface area contributed by atoms with Crippen LogP contribution in [0.25, 0.3) is 0 Å². The van der Waals surface area contributed by atoms with Gasteiger partial charge in [-0.3, -0.25) is 33.8 Å². The Bertz CT molecular complexity index is 1910. The third-order valence-electron chi connectivity index (χ3n) is 9.19. The molecule has 0 fully saturated rings. The lowest BCUT2D eigenvalue weighted by molar-refractivity contribution is -0.192. The zero-order valence-corrected chi connectivity index (χ0v) is 35.3. The lowest BCUT2D eigenvalue weighted by Crippen LogP contribution is -2.61. The van der Waals surface area contributed by atoms with E-state index in [1.54, 1.807) is 27.7 Å². The lowest BCUT2D eigenvalue weighted by atomic mass is 9.96. The smallest absolute Gasteiger partial charge is 0.490 e. The molecule has 0 spiro atoms. The van der Waals surface area contributed by atoms with Crippen molar-refractivity contribution in [3.63, 3.8) is 0 Å².